The van der Waals surface area contributed by atoms with E-state index in [1.165, 1.54) is 30.5 Å². The lowest BCUT2D eigenvalue weighted by molar-refractivity contribution is 0.458. The van der Waals surface area contributed by atoms with Gasteiger partial charge in [0.15, 0.2) is 0 Å². The molecule has 0 aliphatic heterocycles. The average Bonchev–Trinajstić information content (AvgIpc) is 2.82. The maximum absolute atomic E-state index is 12.0. The van der Waals surface area contributed by atoms with Crippen LogP contribution in [0.15, 0.2) is 52.0 Å². The van der Waals surface area contributed by atoms with Crippen LogP contribution in [-0.2, 0) is 10.0 Å². The van der Waals surface area contributed by atoms with Crippen molar-refractivity contribution in [2.45, 2.75) is 17.9 Å². The molecule has 96 valence electrons. The summed E-state index contributed by atoms with van der Waals surface area (Å²) in [5.41, 5.74) is 0. The Morgan fingerprint density at radius 2 is 2.06 bits per heavy atom. The zero-order valence-electron chi connectivity index (χ0n) is 9.70. The summed E-state index contributed by atoms with van der Waals surface area (Å²) in [6.07, 6.45) is 1.48. The molecule has 5 nitrogen and oxygen atoms in total. The summed E-state index contributed by atoms with van der Waals surface area (Å²) in [6, 6.07) is 8.39. The maximum atomic E-state index is 12.0. The Hall–Kier alpha value is -1.79. The smallest absolute Gasteiger partial charge is 0.241 e. The van der Waals surface area contributed by atoms with Gasteiger partial charge >= 0.3 is 0 Å². The Morgan fingerprint density at radius 3 is 2.67 bits per heavy atom. The third kappa shape index (κ3) is 2.72. The SMILES string of the molecule is CC(NS(=O)(=O)c1cccc(O)c1)c1ccco1. The van der Waals surface area contributed by atoms with Crippen molar-refractivity contribution >= 4 is 10.0 Å². The molecule has 0 fully saturated rings. The molecule has 1 aromatic heterocycles. The van der Waals surface area contributed by atoms with E-state index in [0.717, 1.165) is 0 Å². The molecule has 0 aliphatic rings. The van der Waals surface area contributed by atoms with Crippen molar-refractivity contribution in [1.29, 1.82) is 0 Å². The Bertz CT molecular complexity index is 619. The highest BCUT2D eigenvalue weighted by atomic mass is 32.2. The second kappa shape index (κ2) is 4.83. The van der Waals surface area contributed by atoms with E-state index in [4.69, 9.17) is 4.42 Å². The summed E-state index contributed by atoms with van der Waals surface area (Å²) >= 11 is 0. The number of aromatic hydroxyl groups is 1. The van der Waals surface area contributed by atoms with Crippen molar-refractivity contribution in [2.24, 2.45) is 0 Å². The van der Waals surface area contributed by atoms with Crippen LogP contribution in [0.1, 0.15) is 18.7 Å². The van der Waals surface area contributed by atoms with Crippen LogP contribution in [0, 0.1) is 0 Å². The summed E-state index contributed by atoms with van der Waals surface area (Å²) < 4.78 is 31.6. The monoisotopic (exact) mass is 267 g/mol. The molecule has 1 unspecified atom stereocenters. The molecular weight excluding hydrogens is 254 g/mol. The molecule has 0 radical (unpaired) electrons. The van der Waals surface area contributed by atoms with Crippen molar-refractivity contribution in [1.82, 2.24) is 4.72 Å². The molecule has 2 N–H and O–H groups in total. The Labute approximate surface area is 105 Å². The molecule has 18 heavy (non-hydrogen) atoms. The minimum atomic E-state index is -3.68. The molecule has 2 rings (SSSR count). The normalized spacial score (nSPS) is 13.4. The number of hydrogen-bond acceptors (Lipinski definition) is 4. The molecule has 6 heteroatoms. The van der Waals surface area contributed by atoms with Crippen LogP contribution in [0.3, 0.4) is 0 Å². The van der Waals surface area contributed by atoms with Crippen LogP contribution in [0.25, 0.3) is 0 Å². The maximum Gasteiger partial charge on any atom is 0.241 e. The fraction of sp³-hybridized carbons (Fsp3) is 0.167. The second-order valence-electron chi connectivity index (χ2n) is 3.86. The predicted octanol–water partition coefficient (Wildman–Crippen LogP) is 2.02. The van der Waals surface area contributed by atoms with E-state index in [1.807, 2.05) is 0 Å². The lowest BCUT2D eigenvalue weighted by atomic mass is 10.3. The zero-order valence-corrected chi connectivity index (χ0v) is 10.5. The van der Waals surface area contributed by atoms with Gasteiger partial charge in [0, 0.05) is 0 Å². The van der Waals surface area contributed by atoms with Crippen molar-refractivity contribution < 1.29 is 17.9 Å². The first-order valence-electron chi connectivity index (χ1n) is 5.34. The van der Waals surface area contributed by atoms with E-state index in [0.29, 0.717) is 5.76 Å². The Morgan fingerprint density at radius 1 is 1.28 bits per heavy atom. The topological polar surface area (TPSA) is 79.5 Å². The first-order valence-corrected chi connectivity index (χ1v) is 6.82. The number of rotatable bonds is 4. The van der Waals surface area contributed by atoms with Crippen LogP contribution >= 0.6 is 0 Å². The van der Waals surface area contributed by atoms with E-state index in [1.54, 1.807) is 19.1 Å². The van der Waals surface area contributed by atoms with Gasteiger partial charge in [-0.1, -0.05) is 6.07 Å². The van der Waals surface area contributed by atoms with Crippen LogP contribution < -0.4 is 4.72 Å². The van der Waals surface area contributed by atoms with Gasteiger partial charge in [0.1, 0.15) is 11.5 Å². The molecule has 0 amide bonds. The second-order valence-corrected chi connectivity index (χ2v) is 5.57. The standard InChI is InChI=1S/C12H13NO4S/c1-9(12-6-3-7-17-12)13-18(15,16)11-5-2-4-10(14)8-11/h2-9,13-14H,1H3. The van der Waals surface area contributed by atoms with Gasteiger partial charge in [-0.2, -0.15) is 0 Å². The lowest BCUT2D eigenvalue weighted by Gasteiger charge is -2.12. The summed E-state index contributed by atoms with van der Waals surface area (Å²) in [4.78, 5) is 0.0147. The van der Waals surface area contributed by atoms with E-state index in [2.05, 4.69) is 4.72 Å². The summed E-state index contributed by atoms with van der Waals surface area (Å²) in [6.45, 7) is 1.68. The van der Waals surface area contributed by atoms with Gasteiger partial charge in [-0.05, 0) is 37.3 Å². The number of phenols is 1. The van der Waals surface area contributed by atoms with Crippen molar-refractivity contribution in [2.75, 3.05) is 0 Å². The average molecular weight is 267 g/mol. The quantitative estimate of drug-likeness (QED) is 0.888. The van der Waals surface area contributed by atoms with Gasteiger partial charge in [0.2, 0.25) is 10.0 Å². The van der Waals surface area contributed by atoms with Crippen molar-refractivity contribution in [3.63, 3.8) is 0 Å². The molecular formula is C12H13NO4S. The summed E-state index contributed by atoms with van der Waals surface area (Å²) in [7, 11) is -3.68. The Kier molecular flexibility index (Phi) is 3.40. The first kappa shape index (κ1) is 12.7. The Balaban J connectivity index is 2.22. The molecule has 1 atom stereocenters. The van der Waals surface area contributed by atoms with Crippen LogP contribution in [-0.4, -0.2) is 13.5 Å². The number of nitrogens with one attached hydrogen (secondary N) is 1. The third-order valence-electron chi connectivity index (χ3n) is 2.43. The zero-order chi connectivity index (χ0) is 13.2. The number of sulfonamides is 1. The number of furan rings is 1. The van der Waals surface area contributed by atoms with Crippen molar-refractivity contribution in [3.05, 3.63) is 48.4 Å². The summed E-state index contributed by atoms with van der Waals surface area (Å²) in [5, 5.41) is 9.28. The highest BCUT2D eigenvalue weighted by molar-refractivity contribution is 7.89. The van der Waals surface area contributed by atoms with Gasteiger partial charge in [-0.3, -0.25) is 0 Å². The van der Waals surface area contributed by atoms with Gasteiger partial charge in [-0.25, -0.2) is 13.1 Å². The van der Waals surface area contributed by atoms with E-state index in [9.17, 15) is 13.5 Å². The van der Waals surface area contributed by atoms with Gasteiger partial charge in [0.25, 0.3) is 0 Å². The molecule has 0 spiro atoms. The molecule has 0 aliphatic carbocycles. The third-order valence-corrected chi connectivity index (χ3v) is 3.97. The van der Waals surface area contributed by atoms with Gasteiger partial charge < -0.3 is 9.52 Å². The molecule has 2 aromatic rings. The van der Waals surface area contributed by atoms with E-state index in [-0.39, 0.29) is 10.6 Å². The molecule has 0 saturated carbocycles. The molecule has 0 bridgehead atoms. The highest BCUT2D eigenvalue weighted by Crippen LogP contribution is 2.19. The van der Waals surface area contributed by atoms with Crippen LogP contribution in [0.5, 0.6) is 5.75 Å². The fourth-order valence-corrected chi connectivity index (χ4v) is 2.80. The largest absolute Gasteiger partial charge is 0.508 e. The minimum absolute atomic E-state index is 0.0147. The number of hydrogen-bond donors (Lipinski definition) is 2. The highest BCUT2D eigenvalue weighted by Gasteiger charge is 2.19. The number of phenolic OH excluding ortho intramolecular Hbond substituents is 1. The van der Waals surface area contributed by atoms with E-state index < -0.39 is 16.1 Å². The van der Waals surface area contributed by atoms with E-state index >= 15 is 0 Å². The van der Waals surface area contributed by atoms with Crippen LogP contribution in [0.2, 0.25) is 0 Å². The minimum Gasteiger partial charge on any atom is -0.508 e. The van der Waals surface area contributed by atoms with Gasteiger partial charge in [0.05, 0.1) is 17.2 Å². The number of benzene rings is 1. The van der Waals surface area contributed by atoms with Crippen LogP contribution in [0.4, 0.5) is 0 Å². The first-order chi connectivity index (χ1) is 8.49. The fourth-order valence-electron chi connectivity index (χ4n) is 1.55. The molecule has 1 aromatic carbocycles. The van der Waals surface area contributed by atoms with Gasteiger partial charge in [-0.15, -0.1) is 0 Å². The predicted molar refractivity (Wildman–Crippen MR) is 65.6 cm³/mol. The van der Waals surface area contributed by atoms with Crippen molar-refractivity contribution in [3.8, 4) is 5.75 Å². The summed E-state index contributed by atoms with van der Waals surface area (Å²) in [5.74, 6) is 0.433. The molecule has 1 heterocycles. The lowest BCUT2D eigenvalue weighted by Crippen LogP contribution is -2.26. The molecule has 0 saturated heterocycles.